The molecule has 0 saturated carbocycles. The highest BCUT2D eigenvalue weighted by molar-refractivity contribution is 5.81. The monoisotopic (exact) mass is 112 g/mol. The van der Waals surface area contributed by atoms with E-state index in [1.54, 1.807) is 0 Å². The van der Waals surface area contributed by atoms with Gasteiger partial charge >= 0.3 is 5.97 Å². The van der Waals surface area contributed by atoms with Crippen LogP contribution in [-0.4, -0.2) is 13.1 Å². The molecule has 0 atom stereocenters. The largest absolute Gasteiger partial charge is 0.469 e. The van der Waals surface area contributed by atoms with Gasteiger partial charge in [-0.2, -0.15) is 0 Å². The average Bonchev–Trinajstić information content (AvgIpc) is 1.83. The van der Waals surface area contributed by atoms with E-state index in [4.69, 9.17) is 0 Å². The summed E-state index contributed by atoms with van der Waals surface area (Å²) in [4.78, 5) is 10.2. The number of ether oxygens (including phenoxy) is 1. The Hall–Kier alpha value is -0.790. The van der Waals surface area contributed by atoms with Gasteiger partial charge in [-0.3, -0.25) is 4.79 Å². The van der Waals surface area contributed by atoms with Crippen LogP contribution in [0.5, 0.6) is 0 Å². The summed E-state index contributed by atoms with van der Waals surface area (Å²) < 4.78 is 4.28. The van der Waals surface area contributed by atoms with Gasteiger partial charge in [-0.1, -0.05) is 12.2 Å². The van der Waals surface area contributed by atoms with Crippen LogP contribution >= 0.6 is 0 Å². The van der Waals surface area contributed by atoms with Gasteiger partial charge in [0, 0.05) is 0 Å². The van der Waals surface area contributed by atoms with Crippen LogP contribution in [0.15, 0.2) is 12.2 Å². The Morgan fingerprint density at radius 1 is 1.75 bits per heavy atom. The van der Waals surface area contributed by atoms with Gasteiger partial charge in [0.25, 0.3) is 0 Å². The summed E-state index contributed by atoms with van der Waals surface area (Å²) in [5, 5.41) is 0. The third-order valence-corrected chi connectivity index (χ3v) is 0.570. The normalized spacial score (nSPS) is 9.75. The molecule has 0 aromatic rings. The van der Waals surface area contributed by atoms with Crippen LogP contribution in [0.25, 0.3) is 0 Å². The minimum absolute atomic E-state index is 0.357. The Morgan fingerprint density at radius 3 is 2.75 bits per heavy atom. The molecule has 2 heteroatoms. The van der Waals surface area contributed by atoms with Gasteiger partial charge in [0.1, 0.15) is 0 Å². The van der Waals surface area contributed by atoms with E-state index in [9.17, 15) is 4.79 Å². The van der Waals surface area contributed by atoms with Gasteiger partial charge in [0.2, 0.25) is 0 Å². The van der Waals surface area contributed by atoms with Crippen molar-refractivity contribution in [1.29, 1.82) is 0 Å². The van der Waals surface area contributed by atoms with Crippen LogP contribution < -0.4 is 0 Å². The lowest BCUT2D eigenvalue weighted by molar-refractivity contribution is -0.136. The molecule has 0 aliphatic heterocycles. The summed E-state index contributed by atoms with van der Waals surface area (Å²) in [6.45, 7) is 3.37. The van der Waals surface area contributed by atoms with E-state index >= 15 is 0 Å². The maximum Gasteiger partial charge on any atom is 0.313 e. The molecule has 0 amide bonds. The fourth-order valence-electron chi connectivity index (χ4n) is 0.215. The van der Waals surface area contributed by atoms with E-state index in [-0.39, 0.29) is 5.97 Å². The smallest absolute Gasteiger partial charge is 0.313 e. The summed E-state index contributed by atoms with van der Waals surface area (Å²) >= 11 is 0. The van der Waals surface area contributed by atoms with Gasteiger partial charge in [-0.15, -0.1) is 0 Å². The van der Waals surface area contributed by atoms with Crippen LogP contribution in [0.3, 0.4) is 0 Å². The van der Waals surface area contributed by atoms with Crippen molar-refractivity contribution in [2.24, 2.45) is 0 Å². The topological polar surface area (TPSA) is 26.3 Å². The summed E-state index contributed by atoms with van der Waals surface area (Å²) in [6, 6.07) is 0. The standard InChI is InChI=1S/C6H8O2/c1-3-4-5-6(7)8-2/h3-5H,1H2,2H3. The molecule has 0 unspecified atom stereocenters. The van der Waals surface area contributed by atoms with Crippen molar-refractivity contribution in [3.8, 4) is 0 Å². The maximum atomic E-state index is 10.2. The van der Waals surface area contributed by atoms with Crippen molar-refractivity contribution >= 4 is 5.97 Å². The van der Waals surface area contributed by atoms with Crippen LogP contribution in [0.1, 0.15) is 0 Å². The van der Waals surface area contributed by atoms with Gasteiger partial charge in [-0.05, 0) is 6.92 Å². The third-order valence-electron chi connectivity index (χ3n) is 0.570. The van der Waals surface area contributed by atoms with E-state index in [2.05, 4.69) is 11.7 Å². The van der Waals surface area contributed by atoms with Crippen molar-refractivity contribution in [3.63, 3.8) is 0 Å². The van der Waals surface area contributed by atoms with Gasteiger partial charge in [-0.25, -0.2) is 0 Å². The first kappa shape index (κ1) is 7.21. The van der Waals surface area contributed by atoms with E-state index in [0.717, 1.165) is 0 Å². The number of hydrogen-bond acceptors (Lipinski definition) is 2. The van der Waals surface area contributed by atoms with Crippen LogP contribution in [0, 0.1) is 13.3 Å². The molecule has 0 saturated heterocycles. The predicted octanol–water partition coefficient (Wildman–Crippen LogP) is 0.754. The highest BCUT2D eigenvalue weighted by atomic mass is 16.5. The van der Waals surface area contributed by atoms with Crippen molar-refractivity contribution in [2.45, 2.75) is 0 Å². The van der Waals surface area contributed by atoms with Crippen LogP contribution in [0.2, 0.25) is 0 Å². The molecule has 8 heavy (non-hydrogen) atoms. The summed E-state index contributed by atoms with van der Waals surface area (Å²) in [7, 11) is 1.33. The molecule has 2 nitrogen and oxygen atoms in total. The summed E-state index contributed by atoms with van der Waals surface area (Å²) in [5.74, 6) is -0.357. The zero-order chi connectivity index (χ0) is 6.41. The first-order valence-electron chi connectivity index (χ1n) is 2.18. The number of rotatable bonds is 2. The molecule has 0 bridgehead atoms. The van der Waals surface area contributed by atoms with E-state index in [1.165, 1.54) is 25.7 Å². The molecular formula is C6H8O2. The minimum Gasteiger partial charge on any atom is -0.469 e. The molecule has 2 radical (unpaired) electrons. The Bertz CT molecular complexity index is 94.7. The number of methoxy groups -OCH3 is 1. The van der Waals surface area contributed by atoms with Crippen molar-refractivity contribution in [1.82, 2.24) is 0 Å². The third kappa shape index (κ3) is 3.40. The molecule has 0 N–H and O–H groups in total. The maximum absolute atomic E-state index is 10.2. The van der Waals surface area contributed by atoms with Gasteiger partial charge < -0.3 is 4.74 Å². The molecular weight excluding hydrogens is 104 g/mol. The van der Waals surface area contributed by atoms with Gasteiger partial charge in [0.05, 0.1) is 13.5 Å². The lowest BCUT2D eigenvalue weighted by atomic mass is 10.4. The number of esters is 1. The number of carbonyl (C=O) groups excluding carboxylic acids is 1. The molecule has 0 aliphatic rings. The Balaban J connectivity index is 3.25. The lowest BCUT2D eigenvalue weighted by Crippen LogP contribution is -1.97. The minimum atomic E-state index is -0.357. The van der Waals surface area contributed by atoms with Gasteiger partial charge in [0.15, 0.2) is 0 Å². The second kappa shape index (κ2) is 4.37. The molecule has 0 fully saturated rings. The summed E-state index contributed by atoms with van der Waals surface area (Å²) in [5.41, 5.74) is 0. The lowest BCUT2D eigenvalue weighted by Gasteiger charge is -1.88. The SMILES string of the molecule is [CH2]C=C[CH]C(=O)OC. The first-order chi connectivity index (χ1) is 3.81. The molecule has 44 valence electrons. The zero-order valence-electron chi connectivity index (χ0n) is 4.76. The zero-order valence-corrected chi connectivity index (χ0v) is 4.76. The molecule has 0 aromatic heterocycles. The van der Waals surface area contributed by atoms with Crippen molar-refractivity contribution in [2.75, 3.05) is 7.11 Å². The van der Waals surface area contributed by atoms with E-state index in [0.29, 0.717) is 0 Å². The van der Waals surface area contributed by atoms with Crippen molar-refractivity contribution in [3.05, 3.63) is 25.5 Å². The van der Waals surface area contributed by atoms with Crippen molar-refractivity contribution < 1.29 is 9.53 Å². The Morgan fingerprint density at radius 2 is 2.38 bits per heavy atom. The molecule has 0 aliphatic carbocycles. The Kier molecular flexibility index (Phi) is 3.94. The average molecular weight is 112 g/mol. The quantitative estimate of drug-likeness (QED) is 0.493. The van der Waals surface area contributed by atoms with E-state index in [1.807, 2.05) is 0 Å². The fraction of sp³-hybridized carbons (Fsp3) is 0.167. The molecule has 0 heterocycles. The summed E-state index contributed by atoms with van der Waals surface area (Å²) in [6.07, 6.45) is 4.33. The highest BCUT2D eigenvalue weighted by Gasteiger charge is 1.92. The highest BCUT2D eigenvalue weighted by Crippen LogP contribution is 1.82. The van der Waals surface area contributed by atoms with Crippen LogP contribution in [0.4, 0.5) is 0 Å². The first-order valence-corrected chi connectivity index (χ1v) is 2.18. The number of hydrogen-bond donors (Lipinski definition) is 0. The molecule has 0 aromatic carbocycles. The number of allylic oxidation sites excluding steroid dienone is 1. The Labute approximate surface area is 49.1 Å². The molecule has 0 rings (SSSR count). The second-order valence-corrected chi connectivity index (χ2v) is 1.12. The van der Waals surface area contributed by atoms with E-state index < -0.39 is 0 Å². The predicted molar refractivity (Wildman–Crippen MR) is 30.8 cm³/mol. The van der Waals surface area contributed by atoms with Crippen LogP contribution in [-0.2, 0) is 9.53 Å². The number of carbonyl (C=O) groups is 1. The fourth-order valence-corrected chi connectivity index (χ4v) is 0.215. The second-order valence-electron chi connectivity index (χ2n) is 1.12. The molecule has 0 spiro atoms.